The van der Waals surface area contributed by atoms with Crippen LogP contribution in [0, 0.1) is 6.92 Å². The van der Waals surface area contributed by atoms with E-state index < -0.39 is 0 Å². The van der Waals surface area contributed by atoms with Crippen LogP contribution >= 0.6 is 11.3 Å². The zero-order chi connectivity index (χ0) is 14.1. The number of aromatic nitrogens is 5. The topological polar surface area (TPSA) is 68.5 Å². The van der Waals surface area contributed by atoms with Gasteiger partial charge in [-0.1, -0.05) is 6.92 Å². The van der Waals surface area contributed by atoms with Crippen LogP contribution in [0.1, 0.15) is 23.3 Å². The molecule has 0 aromatic carbocycles. The molecule has 6 nitrogen and oxygen atoms in total. The molecule has 1 N–H and O–H groups in total. The number of hydrogen-bond donors (Lipinski definition) is 1. The second-order valence-corrected chi connectivity index (χ2v) is 5.70. The summed E-state index contributed by atoms with van der Waals surface area (Å²) in [6.45, 7) is 4.67. The number of nitrogens with zero attached hydrogens (tertiary/aromatic N) is 5. The standard InChI is InChI=1S/C13H16N6S/c1-4-10-5-11-12(16-8(2)17-13(11)20-10)14-6-9-7-15-19(3)18-9/h5,7H,4,6H2,1-3H3,(H,14,16,17). The molecule has 0 aliphatic rings. The number of fused-ring (bicyclic) bond motifs is 1. The van der Waals surface area contributed by atoms with E-state index in [9.17, 15) is 0 Å². The lowest BCUT2D eigenvalue weighted by atomic mass is 10.3. The molecule has 3 heterocycles. The first-order valence-corrected chi connectivity index (χ1v) is 7.33. The highest BCUT2D eigenvalue weighted by Crippen LogP contribution is 2.29. The van der Waals surface area contributed by atoms with E-state index in [1.165, 1.54) is 4.88 Å². The Morgan fingerprint density at radius 3 is 2.90 bits per heavy atom. The molecule has 3 rings (SSSR count). The van der Waals surface area contributed by atoms with Crippen LogP contribution in [0.15, 0.2) is 12.3 Å². The Morgan fingerprint density at radius 2 is 2.20 bits per heavy atom. The molecule has 0 fully saturated rings. The number of rotatable bonds is 4. The van der Waals surface area contributed by atoms with E-state index in [4.69, 9.17) is 0 Å². The summed E-state index contributed by atoms with van der Waals surface area (Å²) in [4.78, 5) is 12.9. The smallest absolute Gasteiger partial charge is 0.138 e. The normalized spacial score (nSPS) is 11.2. The number of anilines is 1. The van der Waals surface area contributed by atoms with Crippen LogP contribution in [0.2, 0.25) is 0 Å². The maximum absolute atomic E-state index is 4.50. The van der Waals surface area contributed by atoms with Gasteiger partial charge in [0.15, 0.2) is 0 Å². The van der Waals surface area contributed by atoms with Crippen LogP contribution in [-0.2, 0) is 20.0 Å². The van der Waals surface area contributed by atoms with Gasteiger partial charge in [0, 0.05) is 11.9 Å². The third-order valence-corrected chi connectivity index (χ3v) is 4.16. The van der Waals surface area contributed by atoms with E-state index in [1.807, 2.05) is 14.0 Å². The van der Waals surface area contributed by atoms with Crippen molar-refractivity contribution in [2.75, 3.05) is 5.32 Å². The SMILES string of the molecule is CCc1cc2c(NCc3cnn(C)n3)nc(C)nc2s1. The Hall–Kier alpha value is -2.02. The molecule has 0 atom stereocenters. The summed E-state index contributed by atoms with van der Waals surface area (Å²) in [7, 11) is 1.81. The summed E-state index contributed by atoms with van der Waals surface area (Å²) in [5, 5.41) is 12.7. The fourth-order valence-electron chi connectivity index (χ4n) is 2.03. The predicted molar refractivity (Wildman–Crippen MR) is 79.9 cm³/mol. The van der Waals surface area contributed by atoms with E-state index in [-0.39, 0.29) is 0 Å². The molecule has 0 saturated carbocycles. The lowest BCUT2D eigenvalue weighted by Gasteiger charge is -2.05. The molecular weight excluding hydrogens is 272 g/mol. The van der Waals surface area contributed by atoms with Gasteiger partial charge < -0.3 is 5.32 Å². The molecule has 20 heavy (non-hydrogen) atoms. The molecule has 0 amide bonds. The first kappa shape index (κ1) is 13.0. The van der Waals surface area contributed by atoms with Crippen LogP contribution in [0.3, 0.4) is 0 Å². The second kappa shape index (κ2) is 5.16. The summed E-state index contributed by atoms with van der Waals surface area (Å²) in [6.07, 6.45) is 2.77. The fourth-order valence-corrected chi connectivity index (χ4v) is 3.04. The maximum atomic E-state index is 4.50. The Morgan fingerprint density at radius 1 is 1.35 bits per heavy atom. The van der Waals surface area contributed by atoms with Gasteiger partial charge in [-0.3, -0.25) is 0 Å². The van der Waals surface area contributed by atoms with Crippen LogP contribution in [0.5, 0.6) is 0 Å². The molecule has 7 heteroatoms. The van der Waals surface area contributed by atoms with Crippen molar-refractivity contribution in [3.8, 4) is 0 Å². The lowest BCUT2D eigenvalue weighted by Crippen LogP contribution is -2.04. The predicted octanol–water partition coefficient (Wildman–Crippen LogP) is 2.30. The van der Waals surface area contributed by atoms with Crippen LogP contribution < -0.4 is 5.32 Å². The van der Waals surface area contributed by atoms with E-state index in [0.717, 1.165) is 34.0 Å². The van der Waals surface area contributed by atoms with E-state index in [1.54, 1.807) is 22.3 Å². The first-order chi connectivity index (χ1) is 9.65. The van der Waals surface area contributed by atoms with Crippen molar-refractivity contribution in [1.29, 1.82) is 0 Å². The minimum absolute atomic E-state index is 0.608. The highest BCUT2D eigenvalue weighted by Gasteiger charge is 2.10. The lowest BCUT2D eigenvalue weighted by molar-refractivity contribution is 0.646. The van der Waals surface area contributed by atoms with Crippen molar-refractivity contribution < 1.29 is 0 Å². The van der Waals surface area contributed by atoms with Gasteiger partial charge in [-0.05, 0) is 19.4 Å². The van der Waals surface area contributed by atoms with Gasteiger partial charge in [0.05, 0.1) is 18.1 Å². The zero-order valence-electron chi connectivity index (χ0n) is 11.7. The van der Waals surface area contributed by atoms with Crippen molar-refractivity contribution >= 4 is 27.4 Å². The third kappa shape index (κ3) is 2.49. The van der Waals surface area contributed by atoms with E-state index in [0.29, 0.717) is 6.54 Å². The average molecular weight is 288 g/mol. The van der Waals surface area contributed by atoms with Gasteiger partial charge in [-0.2, -0.15) is 15.0 Å². The first-order valence-electron chi connectivity index (χ1n) is 6.52. The molecular formula is C13H16N6S. The molecule has 3 aromatic rings. The van der Waals surface area contributed by atoms with Gasteiger partial charge in [0.2, 0.25) is 0 Å². The molecule has 0 spiro atoms. The molecule has 0 unspecified atom stereocenters. The highest BCUT2D eigenvalue weighted by atomic mass is 32.1. The Bertz CT molecular complexity index is 744. The molecule has 0 aliphatic carbocycles. The van der Waals surface area contributed by atoms with Crippen molar-refractivity contribution in [3.63, 3.8) is 0 Å². The Balaban J connectivity index is 1.91. The second-order valence-electron chi connectivity index (χ2n) is 4.58. The molecule has 0 radical (unpaired) electrons. The number of aryl methyl sites for hydroxylation is 3. The molecule has 0 bridgehead atoms. The number of hydrogen-bond acceptors (Lipinski definition) is 6. The zero-order valence-corrected chi connectivity index (χ0v) is 12.5. The minimum atomic E-state index is 0.608. The maximum Gasteiger partial charge on any atom is 0.138 e. The van der Waals surface area contributed by atoms with E-state index >= 15 is 0 Å². The number of nitrogens with one attached hydrogen (secondary N) is 1. The van der Waals surface area contributed by atoms with Gasteiger partial charge in [0.25, 0.3) is 0 Å². The van der Waals surface area contributed by atoms with Crippen molar-refractivity contribution in [2.45, 2.75) is 26.8 Å². The Labute approximate surface area is 120 Å². The Kier molecular flexibility index (Phi) is 3.35. The van der Waals surface area contributed by atoms with Crippen molar-refractivity contribution in [1.82, 2.24) is 25.0 Å². The average Bonchev–Trinajstić information content (AvgIpc) is 3.01. The van der Waals surface area contributed by atoms with Crippen LogP contribution in [0.25, 0.3) is 10.2 Å². The summed E-state index contributed by atoms with van der Waals surface area (Å²) in [5.74, 6) is 1.65. The monoisotopic (exact) mass is 288 g/mol. The van der Waals surface area contributed by atoms with E-state index in [2.05, 4.69) is 38.5 Å². The summed E-state index contributed by atoms with van der Waals surface area (Å²) < 4.78 is 0. The van der Waals surface area contributed by atoms with Gasteiger partial charge in [-0.25, -0.2) is 9.97 Å². The summed E-state index contributed by atoms with van der Waals surface area (Å²) >= 11 is 1.73. The molecule has 3 aromatic heterocycles. The summed E-state index contributed by atoms with van der Waals surface area (Å²) in [6, 6.07) is 2.17. The molecule has 0 aliphatic heterocycles. The van der Waals surface area contributed by atoms with Crippen LogP contribution in [-0.4, -0.2) is 25.0 Å². The molecule has 104 valence electrons. The largest absolute Gasteiger partial charge is 0.364 e. The van der Waals surface area contributed by atoms with Crippen LogP contribution in [0.4, 0.5) is 5.82 Å². The fraction of sp³-hybridized carbons (Fsp3) is 0.385. The van der Waals surface area contributed by atoms with Crippen molar-refractivity contribution in [3.05, 3.63) is 28.7 Å². The molecule has 0 saturated heterocycles. The minimum Gasteiger partial charge on any atom is -0.364 e. The van der Waals surface area contributed by atoms with Crippen molar-refractivity contribution in [2.24, 2.45) is 7.05 Å². The summed E-state index contributed by atoms with van der Waals surface area (Å²) in [5.41, 5.74) is 0.892. The van der Waals surface area contributed by atoms with Gasteiger partial charge >= 0.3 is 0 Å². The number of thiophene rings is 1. The van der Waals surface area contributed by atoms with Gasteiger partial charge in [-0.15, -0.1) is 11.3 Å². The highest BCUT2D eigenvalue weighted by molar-refractivity contribution is 7.18. The quantitative estimate of drug-likeness (QED) is 0.798. The third-order valence-electron chi connectivity index (χ3n) is 2.99. The van der Waals surface area contributed by atoms with Gasteiger partial charge in [0.1, 0.15) is 22.2 Å².